The number of thioether (sulfide) groups is 1. The Morgan fingerprint density at radius 2 is 1.44 bits per heavy atom. The Labute approximate surface area is 217 Å². The number of rotatable bonds is 9. The van der Waals surface area contributed by atoms with Crippen molar-refractivity contribution in [2.45, 2.75) is 4.34 Å². The van der Waals surface area contributed by atoms with Crippen molar-refractivity contribution in [1.29, 1.82) is 0 Å². The Morgan fingerprint density at radius 1 is 0.778 bits per heavy atom. The second-order valence-corrected chi connectivity index (χ2v) is 9.89. The van der Waals surface area contributed by atoms with Crippen molar-refractivity contribution < 1.29 is 9.53 Å². The molecule has 6 nitrogen and oxygen atoms in total. The fraction of sp³-hybridized carbons (Fsp3) is 0.0357. The first-order chi connectivity index (χ1) is 17.7. The van der Waals surface area contributed by atoms with Crippen molar-refractivity contribution in [3.63, 3.8) is 0 Å². The van der Waals surface area contributed by atoms with Crippen LogP contribution in [0.25, 0.3) is 11.1 Å². The summed E-state index contributed by atoms with van der Waals surface area (Å²) in [6.07, 6.45) is 0. The largest absolute Gasteiger partial charge is 0.457 e. The van der Waals surface area contributed by atoms with Crippen LogP contribution in [0.5, 0.6) is 11.5 Å². The molecule has 0 fully saturated rings. The number of ether oxygens (including phenoxy) is 1. The van der Waals surface area contributed by atoms with Gasteiger partial charge in [0.2, 0.25) is 11.0 Å². The minimum atomic E-state index is -0.0953. The molecule has 5 rings (SSSR count). The topological polar surface area (TPSA) is 76.1 Å². The van der Waals surface area contributed by atoms with Crippen LogP contribution >= 0.6 is 23.1 Å². The fourth-order valence-corrected chi connectivity index (χ4v) is 5.02. The summed E-state index contributed by atoms with van der Waals surface area (Å²) in [5.41, 5.74) is 3.70. The smallest absolute Gasteiger partial charge is 0.234 e. The number of carbonyl (C=O) groups excluding carboxylic acids is 1. The molecule has 178 valence electrons. The first-order valence-corrected chi connectivity index (χ1v) is 13.0. The molecule has 0 aliphatic rings. The summed E-state index contributed by atoms with van der Waals surface area (Å²) in [6, 6.07) is 35.1. The van der Waals surface area contributed by atoms with Crippen LogP contribution in [-0.2, 0) is 4.79 Å². The van der Waals surface area contributed by atoms with Crippen LogP contribution in [0.2, 0.25) is 0 Å². The van der Waals surface area contributed by atoms with E-state index in [4.69, 9.17) is 4.74 Å². The molecule has 0 saturated carbocycles. The van der Waals surface area contributed by atoms with E-state index in [1.54, 1.807) is 0 Å². The van der Waals surface area contributed by atoms with Gasteiger partial charge in [-0.2, -0.15) is 0 Å². The molecule has 0 bridgehead atoms. The van der Waals surface area contributed by atoms with Crippen LogP contribution in [0.15, 0.2) is 114 Å². The van der Waals surface area contributed by atoms with Crippen molar-refractivity contribution in [3.05, 3.63) is 109 Å². The molecule has 0 unspecified atom stereocenters. The van der Waals surface area contributed by atoms with Gasteiger partial charge in [-0.05, 0) is 48.0 Å². The summed E-state index contributed by atoms with van der Waals surface area (Å²) in [5, 5.41) is 15.3. The number of amides is 1. The Balaban J connectivity index is 1.14. The van der Waals surface area contributed by atoms with Crippen LogP contribution in [-0.4, -0.2) is 21.9 Å². The minimum absolute atomic E-state index is 0.0953. The normalized spacial score (nSPS) is 10.6. The summed E-state index contributed by atoms with van der Waals surface area (Å²) in [6.45, 7) is 0. The van der Waals surface area contributed by atoms with E-state index in [1.807, 2.05) is 109 Å². The second kappa shape index (κ2) is 11.5. The Morgan fingerprint density at radius 3 is 2.22 bits per heavy atom. The van der Waals surface area contributed by atoms with Gasteiger partial charge < -0.3 is 15.4 Å². The molecule has 36 heavy (non-hydrogen) atoms. The number of hydrogen-bond acceptors (Lipinski definition) is 7. The molecule has 0 radical (unpaired) electrons. The van der Waals surface area contributed by atoms with Crippen LogP contribution in [0.3, 0.4) is 0 Å². The number of anilines is 3. The summed E-state index contributed by atoms with van der Waals surface area (Å²) in [5.74, 6) is 1.68. The minimum Gasteiger partial charge on any atom is -0.457 e. The third kappa shape index (κ3) is 6.29. The highest BCUT2D eigenvalue weighted by molar-refractivity contribution is 8.01. The van der Waals surface area contributed by atoms with Crippen LogP contribution in [0.4, 0.5) is 16.5 Å². The van der Waals surface area contributed by atoms with Gasteiger partial charge in [0.15, 0.2) is 4.34 Å². The monoisotopic (exact) mass is 510 g/mol. The molecule has 1 aromatic heterocycles. The van der Waals surface area contributed by atoms with E-state index in [9.17, 15) is 4.79 Å². The third-order valence-corrected chi connectivity index (χ3v) is 7.08. The van der Waals surface area contributed by atoms with E-state index in [2.05, 4.69) is 20.8 Å². The van der Waals surface area contributed by atoms with Crippen LogP contribution in [0.1, 0.15) is 0 Å². The second-order valence-electron chi connectivity index (χ2n) is 7.69. The highest BCUT2D eigenvalue weighted by Gasteiger charge is 2.11. The summed E-state index contributed by atoms with van der Waals surface area (Å²) < 4.78 is 6.54. The molecule has 2 N–H and O–H groups in total. The molecule has 5 aromatic rings. The molecule has 1 heterocycles. The number of hydrogen-bond donors (Lipinski definition) is 2. The zero-order valence-corrected chi connectivity index (χ0v) is 20.8. The quantitative estimate of drug-likeness (QED) is 0.200. The van der Waals surface area contributed by atoms with Crippen LogP contribution in [0, 0.1) is 0 Å². The maximum atomic E-state index is 12.6. The fourth-order valence-electron chi connectivity index (χ4n) is 3.45. The number of benzene rings is 4. The maximum absolute atomic E-state index is 12.6. The van der Waals surface area contributed by atoms with E-state index < -0.39 is 0 Å². The van der Waals surface area contributed by atoms with E-state index in [-0.39, 0.29) is 11.7 Å². The SMILES string of the molecule is O=C(CSc1nnc(Nc2ccc(Oc3ccccc3)cc2)s1)Nc1ccccc1-c1ccccc1. The van der Waals surface area contributed by atoms with Gasteiger partial charge in [-0.15, -0.1) is 10.2 Å². The highest BCUT2D eigenvalue weighted by atomic mass is 32.2. The first-order valence-electron chi connectivity index (χ1n) is 11.2. The van der Waals surface area contributed by atoms with Gasteiger partial charge in [0.25, 0.3) is 0 Å². The van der Waals surface area contributed by atoms with E-state index in [0.29, 0.717) is 9.47 Å². The zero-order valence-electron chi connectivity index (χ0n) is 19.1. The number of nitrogens with one attached hydrogen (secondary N) is 2. The van der Waals surface area contributed by atoms with Crippen molar-refractivity contribution in [3.8, 4) is 22.6 Å². The average Bonchev–Trinajstić information content (AvgIpc) is 3.37. The summed E-state index contributed by atoms with van der Waals surface area (Å²) in [4.78, 5) is 12.6. The van der Waals surface area contributed by atoms with Gasteiger partial charge in [0.05, 0.1) is 5.75 Å². The van der Waals surface area contributed by atoms with Crippen molar-refractivity contribution in [2.24, 2.45) is 0 Å². The molecule has 0 aliphatic heterocycles. The van der Waals surface area contributed by atoms with Crippen molar-refractivity contribution >= 4 is 45.5 Å². The molecule has 4 aromatic carbocycles. The van der Waals surface area contributed by atoms with Gasteiger partial charge >= 0.3 is 0 Å². The molecule has 0 atom stereocenters. The predicted octanol–water partition coefficient (Wildman–Crippen LogP) is 7.47. The average molecular weight is 511 g/mol. The van der Waals surface area contributed by atoms with Crippen molar-refractivity contribution in [1.82, 2.24) is 10.2 Å². The lowest BCUT2D eigenvalue weighted by Gasteiger charge is -2.10. The number of aromatic nitrogens is 2. The molecular weight excluding hydrogens is 488 g/mol. The summed E-state index contributed by atoms with van der Waals surface area (Å²) in [7, 11) is 0. The standard InChI is InChI=1S/C28H22N4O2S2/c33-26(30-25-14-8-7-13-24(25)20-9-3-1-4-10-20)19-35-28-32-31-27(36-28)29-21-15-17-23(18-16-21)34-22-11-5-2-6-12-22/h1-18H,19H2,(H,29,31)(H,30,33). The van der Waals surface area contributed by atoms with Gasteiger partial charge in [-0.25, -0.2) is 0 Å². The Kier molecular flexibility index (Phi) is 7.55. The Bertz CT molecular complexity index is 1430. The zero-order chi connectivity index (χ0) is 24.6. The van der Waals surface area contributed by atoms with E-state index >= 15 is 0 Å². The molecule has 0 spiro atoms. The predicted molar refractivity (Wildman–Crippen MR) is 147 cm³/mol. The Hall–Kier alpha value is -4.14. The first kappa shape index (κ1) is 23.6. The highest BCUT2D eigenvalue weighted by Crippen LogP contribution is 2.30. The third-order valence-electron chi connectivity index (χ3n) is 5.10. The number of para-hydroxylation sites is 2. The molecule has 8 heteroatoms. The molecule has 0 saturated heterocycles. The van der Waals surface area contributed by atoms with E-state index in [1.165, 1.54) is 23.1 Å². The lowest BCUT2D eigenvalue weighted by Crippen LogP contribution is -2.14. The lowest BCUT2D eigenvalue weighted by molar-refractivity contribution is -0.113. The van der Waals surface area contributed by atoms with Gasteiger partial charge in [0.1, 0.15) is 11.5 Å². The molecule has 0 aliphatic carbocycles. The van der Waals surface area contributed by atoms with Crippen molar-refractivity contribution in [2.75, 3.05) is 16.4 Å². The maximum Gasteiger partial charge on any atom is 0.234 e. The van der Waals surface area contributed by atoms with Gasteiger partial charge in [0, 0.05) is 16.9 Å². The van der Waals surface area contributed by atoms with Crippen LogP contribution < -0.4 is 15.4 Å². The van der Waals surface area contributed by atoms with E-state index in [0.717, 1.165) is 34.0 Å². The number of nitrogens with zero attached hydrogens (tertiary/aromatic N) is 2. The molecular formula is C28H22N4O2S2. The number of carbonyl (C=O) groups is 1. The van der Waals surface area contributed by atoms with Gasteiger partial charge in [-0.1, -0.05) is 89.8 Å². The summed E-state index contributed by atoms with van der Waals surface area (Å²) >= 11 is 2.76. The lowest BCUT2D eigenvalue weighted by atomic mass is 10.0. The molecule has 1 amide bonds. The van der Waals surface area contributed by atoms with Gasteiger partial charge in [-0.3, -0.25) is 4.79 Å².